The molecule has 0 aliphatic carbocycles. The van der Waals surface area contributed by atoms with Gasteiger partial charge in [-0.3, -0.25) is 14.8 Å². The first-order valence-corrected chi connectivity index (χ1v) is 7.83. The molecule has 0 saturated heterocycles. The van der Waals surface area contributed by atoms with E-state index in [0.29, 0.717) is 17.1 Å². The van der Waals surface area contributed by atoms with Crippen molar-refractivity contribution < 1.29 is 9.53 Å². The Morgan fingerprint density at radius 3 is 2.87 bits per heavy atom. The molecule has 7 heteroatoms. The van der Waals surface area contributed by atoms with E-state index in [4.69, 9.17) is 4.74 Å². The van der Waals surface area contributed by atoms with Gasteiger partial charge in [0.25, 0.3) is 5.91 Å². The molecule has 3 aromatic heterocycles. The van der Waals surface area contributed by atoms with Gasteiger partial charge >= 0.3 is 0 Å². The molecule has 0 fully saturated rings. The SMILES string of the molecule is COc1ncccc1C(=O)NCc1nccnc1-c1ccsc1. The van der Waals surface area contributed by atoms with Crippen molar-refractivity contribution in [2.24, 2.45) is 0 Å². The fourth-order valence-electron chi connectivity index (χ4n) is 2.12. The summed E-state index contributed by atoms with van der Waals surface area (Å²) in [6.07, 6.45) is 4.83. The molecule has 23 heavy (non-hydrogen) atoms. The van der Waals surface area contributed by atoms with Crippen LogP contribution in [0.2, 0.25) is 0 Å². The minimum Gasteiger partial charge on any atom is -0.480 e. The highest BCUT2D eigenvalue weighted by Crippen LogP contribution is 2.22. The summed E-state index contributed by atoms with van der Waals surface area (Å²) >= 11 is 1.59. The Kier molecular flexibility index (Phi) is 4.58. The van der Waals surface area contributed by atoms with E-state index in [2.05, 4.69) is 20.3 Å². The van der Waals surface area contributed by atoms with Crippen LogP contribution < -0.4 is 10.1 Å². The van der Waals surface area contributed by atoms with Crippen molar-refractivity contribution in [3.63, 3.8) is 0 Å². The third-order valence-electron chi connectivity index (χ3n) is 3.19. The van der Waals surface area contributed by atoms with Crippen LogP contribution in [0.4, 0.5) is 0 Å². The predicted octanol–water partition coefficient (Wildman–Crippen LogP) is 2.54. The smallest absolute Gasteiger partial charge is 0.257 e. The lowest BCUT2D eigenvalue weighted by Gasteiger charge is -2.09. The molecule has 0 atom stereocenters. The summed E-state index contributed by atoms with van der Waals surface area (Å²) in [4.78, 5) is 25.0. The first-order valence-electron chi connectivity index (χ1n) is 6.89. The molecule has 0 aromatic carbocycles. The number of nitrogens with one attached hydrogen (secondary N) is 1. The number of nitrogens with zero attached hydrogens (tertiary/aromatic N) is 3. The Labute approximate surface area is 137 Å². The molecule has 0 unspecified atom stereocenters. The molecule has 116 valence electrons. The summed E-state index contributed by atoms with van der Waals surface area (Å²) in [5.41, 5.74) is 2.86. The molecule has 0 aliphatic heterocycles. The number of hydrogen-bond acceptors (Lipinski definition) is 6. The summed E-state index contributed by atoms with van der Waals surface area (Å²) in [7, 11) is 1.48. The number of thiophene rings is 1. The first kappa shape index (κ1) is 15.1. The number of ether oxygens (including phenoxy) is 1. The maximum Gasteiger partial charge on any atom is 0.257 e. The van der Waals surface area contributed by atoms with E-state index >= 15 is 0 Å². The highest BCUT2D eigenvalue weighted by atomic mass is 32.1. The fourth-order valence-corrected chi connectivity index (χ4v) is 2.76. The molecular formula is C16H14N4O2S. The van der Waals surface area contributed by atoms with Crippen LogP contribution in [0.5, 0.6) is 5.88 Å². The van der Waals surface area contributed by atoms with Gasteiger partial charge in [0.2, 0.25) is 5.88 Å². The standard InChI is InChI=1S/C16H14N4O2S/c1-22-16-12(3-2-5-19-16)15(21)20-9-13-14(18-7-6-17-13)11-4-8-23-10-11/h2-8,10H,9H2,1H3,(H,20,21). The van der Waals surface area contributed by atoms with Crippen molar-refractivity contribution in [1.29, 1.82) is 0 Å². The molecule has 1 amide bonds. The summed E-state index contributed by atoms with van der Waals surface area (Å²) in [5, 5.41) is 6.81. The number of aromatic nitrogens is 3. The number of hydrogen-bond donors (Lipinski definition) is 1. The van der Waals surface area contributed by atoms with Crippen molar-refractivity contribution >= 4 is 17.2 Å². The largest absolute Gasteiger partial charge is 0.480 e. The molecule has 0 saturated carbocycles. The lowest BCUT2D eigenvalue weighted by atomic mass is 10.2. The van der Waals surface area contributed by atoms with Gasteiger partial charge < -0.3 is 10.1 Å². The fraction of sp³-hybridized carbons (Fsp3) is 0.125. The van der Waals surface area contributed by atoms with E-state index in [9.17, 15) is 4.79 Å². The van der Waals surface area contributed by atoms with Crippen LogP contribution in [0, 0.1) is 0 Å². The van der Waals surface area contributed by atoms with Crippen LogP contribution >= 0.6 is 11.3 Å². The van der Waals surface area contributed by atoms with E-state index in [0.717, 1.165) is 11.3 Å². The van der Waals surface area contributed by atoms with Gasteiger partial charge in [0, 0.05) is 29.5 Å². The second-order valence-corrected chi connectivity index (χ2v) is 5.39. The number of amides is 1. The highest BCUT2D eigenvalue weighted by Gasteiger charge is 2.14. The lowest BCUT2D eigenvalue weighted by molar-refractivity contribution is 0.0946. The zero-order valence-corrected chi connectivity index (χ0v) is 13.2. The molecule has 3 rings (SSSR count). The van der Waals surface area contributed by atoms with Crippen LogP contribution in [0.15, 0.2) is 47.5 Å². The van der Waals surface area contributed by atoms with Crippen molar-refractivity contribution in [2.45, 2.75) is 6.54 Å². The first-order chi connectivity index (χ1) is 11.3. The molecule has 0 bridgehead atoms. The number of rotatable bonds is 5. The van der Waals surface area contributed by atoms with Crippen LogP contribution in [-0.4, -0.2) is 28.0 Å². The van der Waals surface area contributed by atoms with Gasteiger partial charge in [-0.2, -0.15) is 11.3 Å². The average Bonchev–Trinajstić information content (AvgIpc) is 3.14. The number of carbonyl (C=O) groups is 1. The molecule has 3 aromatic rings. The quantitative estimate of drug-likeness (QED) is 0.779. The topological polar surface area (TPSA) is 77.0 Å². The van der Waals surface area contributed by atoms with E-state index in [-0.39, 0.29) is 12.5 Å². The Bertz CT molecular complexity index is 805. The van der Waals surface area contributed by atoms with Crippen molar-refractivity contribution in [2.75, 3.05) is 7.11 Å². The van der Waals surface area contributed by atoms with Crippen molar-refractivity contribution in [1.82, 2.24) is 20.3 Å². The summed E-state index contributed by atoms with van der Waals surface area (Å²) in [6, 6.07) is 5.33. The van der Waals surface area contributed by atoms with Crippen LogP contribution in [0.3, 0.4) is 0 Å². The maximum absolute atomic E-state index is 12.3. The van der Waals surface area contributed by atoms with Crippen LogP contribution in [0.25, 0.3) is 11.3 Å². The van der Waals surface area contributed by atoms with Crippen LogP contribution in [-0.2, 0) is 6.54 Å². The zero-order valence-electron chi connectivity index (χ0n) is 12.4. The molecule has 0 radical (unpaired) electrons. The predicted molar refractivity (Wildman–Crippen MR) is 87.3 cm³/mol. The minimum atomic E-state index is -0.267. The Morgan fingerprint density at radius 2 is 2.09 bits per heavy atom. The molecule has 3 heterocycles. The molecule has 1 N–H and O–H groups in total. The van der Waals surface area contributed by atoms with Crippen molar-refractivity contribution in [3.05, 3.63) is 58.8 Å². The second kappa shape index (κ2) is 6.97. The van der Waals surface area contributed by atoms with E-state index in [1.807, 2.05) is 16.8 Å². The van der Waals surface area contributed by atoms with E-state index < -0.39 is 0 Å². The van der Waals surface area contributed by atoms with Crippen molar-refractivity contribution in [3.8, 4) is 17.1 Å². The molecular weight excluding hydrogens is 312 g/mol. The Morgan fingerprint density at radius 1 is 1.22 bits per heavy atom. The highest BCUT2D eigenvalue weighted by molar-refractivity contribution is 7.08. The molecule has 6 nitrogen and oxygen atoms in total. The third-order valence-corrected chi connectivity index (χ3v) is 3.88. The lowest BCUT2D eigenvalue weighted by Crippen LogP contribution is -2.24. The number of methoxy groups -OCH3 is 1. The van der Waals surface area contributed by atoms with Gasteiger partial charge in [-0.25, -0.2) is 4.98 Å². The summed E-state index contributed by atoms with van der Waals surface area (Å²) < 4.78 is 5.10. The third kappa shape index (κ3) is 3.35. The number of carbonyl (C=O) groups excluding carboxylic acids is 1. The van der Waals surface area contributed by atoms with E-state index in [1.165, 1.54) is 7.11 Å². The van der Waals surface area contributed by atoms with Gasteiger partial charge in [-0.1, -0.05) is 0 Å². The average molecular weight is 326 g/mol. The minimum absolute atomic E-state index is 0.267. The Hall–Kier alpha value is -2.80. The zero-order chi connectivity index (χ0) is 16.1. The second-order valence-electron chi connectivity index (χ2n) is 4.61. The van der Waals surface area contributed by atoms with Crippen LogP contribution in [0.1, 0.15) is 16.1 Å². The molecule has 0 spiro atoms. The van der Waals surface area contributed by atoms with Gasteiger partial charge in [0.1, 0.15) is 5.56 Å². The molecule has 0 aliphatic rings. The normalized spacial score (nSPS) is 10.3. The number of pyridine rings is 1. The summed E-state index contributed by atoms with van der Waals surface area (Å²) in [5.74, 6) is 0.0269. The van der Waals surface area contributed by atoms with Gasteiger partial charge in [-0.15, -0.1) is 0 Å². The Balaban J connectivity index is 1.78. The van der Waals surface area contributed by atoms with E-state index in [1.54, 1.807) is 42.1 Å². The maximum atomic E-state index is 12.3. The summed E-state index contributed by atoms with van der Waals surface area (Å²) in [6.45, 7) is 0.274. The van der Waals surface area contributed by atoms with Gasteiger partial charge in [0.15, 0.2) is 0 Å². The van der Waals surface area contributed by atoms with Gasteiger partial charge in [0.05, 0.1) is 25.0 Å². The monoisotopic (exact) mass is 326 g/mol. The van der Waals surface area contributed by atoms with Gasteiger partial charge in [-0.05, 0) is 23.6 Å².